The summed E-state index contributed by atoms with van der Waals surface area (Å²) in [5, 5.41) is 15.0. The molecule has 2 aromatic rings. The van der Waals surface area contributed by atoms with E-state index in [0.29, 0.717) is 6.42 Å². The van der Waals surface area contributed by atoms with E-state index >= 15 is 0 Å². The third-order valence-electron chi connectivity index (χ3n) is 6.82. The predicted octanol–water partition coefficient (Wildman–Crippen LogP) is 3.30. The highest BCUT2D eigenvalue weighted by atomic mass is 16.5. The second kappa shape index (κ2) is 10.3. The van der Waals surface area contributed by atoms with E-state index in [9.17, 15) is 19.5 Å². The van der Waals surface area contributed by atoms with Gasteiger partial charge in [0.05, 0.1) is 5.92 Å². The van der Waals surface area contributed by atoms with E-state index in [4.69, 9.17) is 9.47 Å². The zero-order valence-electron chi connectivity index (χ0n) is 19.2. The number of hydrogen-bond donors (Lipinski definition) is 3. The molecule has 1 saturated heterocycles. The second-order valence-electron chi connectivity index (χ2n) is 8.80. The molecule has 3 N–H and O–H groups in total. The number of hydrogen-bond acceptors (Lipinski definition) is 5. The summed E-state index contributed by atoms with van der Waals surface area (Å²) in [6.45, 7) is 2.62. The molecule has 0 spiro atoms. The van der Waals surface area contributed by atoms with Gasteiger partial charge in [-0.2, -0.15) is 0 Å². The number of rotatable bonds is 8. The monoisotopic (exact) mass is 466 g/mol. The lowest BCUT2D eigenvalue weighted by Gasteiger charge is -2.35. The summed E-state index contributed by atoms with van der Waals surface area (Å²) in [5.41, 5.74) is 3.22. The first kappa shape index (κ1) is 23.8. The molecule has 2 amide bonds. The van der Waals surface area contributed by atoms with Crippen molar-refractivity contribution in [2.24, 2.45) is 5.92 Å². The van der Waals surface area contributed by atoms with Crippen molar-refractivity contribution in [1.82, 2.24) is 10.6 Å². The van der Waals surface area contributed by atoms with Crippen LogP contribution in [-0.2, 0) is 19.1 Å². The maximum absolute atomic E-state index is 12.8. The van der Waals surface area contributed by atoms with E-state index in [1.54, 1.807) is 0 Å². The smallest absolute Gasteiger partial charge is 0.407 e. The largest absolute Gasteiger partial charge is 0.480 e. The first-order valence-corrected chi connectivity index (χ1v) is 11.7. The van der Waals surface area contributed by atoms with Crippen molar-refractivity contribution < 1.29 is 29.0 Å². The Labute approximate surface area is 198 Å². The van der Waals surface area contributed by atoms with Crippen molar-refractivity contribution in [2.75, 3.05) is 26.4 Å². The SMILES string of the molecule is CCC(CNC(=O)OCC1c2ccccc2-c2ccccc21)C(=O)NC1(C(=O)O)CCOCC1. The number of ether oxygens (including phenoxy) is 2. The summed E-state index contributed by atoms with van der Waals surface area (Å²) in [7, 11) is 0. The van der Waals surface area contributed by atoms with Crippen LogP contribution >= 0.6 is 0 Å². The van der Waals surface area contributed by atoms with Gasteiger partial charge in [-0.25, -0.2) is 9.59 Å². The van der Waals surface area contributed by atoms with Crippen molar-refractivity contribution >= 4 is 18.0 Å². The molecular weight excluding hydrogens is 436 g/mol. The zero-order valence-corrected chi connectivity index (χ0v) is 19.2. The van der Waals surface area contributed by atoms with E-state index < -0.39 is 29.4 Å². The average Bonchev–Trinajstić information content (AvgIpc) is 3.17. The van der Waals surface area contributed by atoms with Gasteiger partial charge in [-0.1, -0.05) is 55.5 Å². The number of benzene rings is 2. The molecule has 1 aliphatic heterocycles. The topological polar surface area (TPSA) is 114 Å². The van der Waals surface area contributed by atoms with Crippen molar-refractivity contribution in [3.8, 4) is 11.1 Å². The highest BCUT2D eigenvalue weighted by molar-refractivity contribution is 5.88. The van der Waals surface area contributed by atoms with Gasteiger partial charge in [-0.05, 0) is 28.7 Å². The maximum Gasteiger partial charge on any atom is 0.407 e. The Morgan fingerprint density at radius 1 is 1.06 bits per heavy atom. The standard InChI is InChI=1S/C26H30N2O6/c1-2-17(23(29)28-26(24(30)31)11-13-33-14-12-26)15-27-25(32)34-16-22-20-9-5-3-7-18(20)19-8-4-6-10-21(19)22/h3-10,17,22H,2,11-16H2,1H3,(H,27,32)(H,28,29)(H,30,31). The van der Waals surface area contributed by atoms with Crippen LogP contribution in [0.5, 0.6) is 0 Å². The molecule has 1 heterocycles. The van der Waals surface area contributed by atoms with Gasteiger partial charge in [-0.15, -0.1) is 0 Å². The molecule has 180 valence electrons. The molecule has 1 fully saturated rings. The van der Waals surface area contributed by atoms with Gasteiger partial charge >= 0.3 is 12.1 Å². The molecule has 1 aliphatic carbocycles. The Morgan fingerprint density at radius 2 is 1.65 bits per heavy atom. The fraction of sp³-hybridized carbons (Fsp3) is 0.423. The molecule has 2 aliphatic rings. The van der Waals surface area contributed by atoms with Crippen LogP contribution in [0.15, 0.2) is 48.5 Å². The fourth-order valence-corrected chi connectivity index (χ4v) is 4.73. The Bertz CT molecular complexity index is 1020. The minimum Gasteiger partial charge on any atom is -0.480 e. The maximum atomic E-state index is 12.8. The van der Waals surface area contributed by atoms with Crippen LogP contribution in [0.25, 0.3) is 11.1 Å². The molecule has 1 unspecified atom stereocenters. The van der Waals surface area contributed by atoms with Crippen LogP contribution in [0.2, 0.25) is 0 Å². The van der Waals surface area contributed by atoms with Gasteiger partial charge in [0.2, 0.25) is 5.91 Å². The molecule has 34 heavy (non-hydrogen) atoms. The molecule has 1 atom stereocenters. The normalized spacial score (nSPS) is 17.2. The van der Waals surface area contributed by atoms with Crippen LogP contribution in [0, 0.1) is 5.92 Å². The molecule has 8 heteroatoms. The number of carboxylic acids is 1. The van der Waals surface area contributed by atoms with E-state index in [1.807, 2.05) is 43.3 Å². The number of carboxylic acid groups (broad SMARTS) is 1. The van der Waals surface area contributed by atoms with Crippen molar-refractivity contribution in [3.63, 3.8) is 0 Å². The summed E-state index contributed by atoms with van der Waals surface area (Å²) < 4.78 is 10.8. The van der Waals surface area contributed by atoms with Crippen LogP contribution in [0.3, 0.4) is 0 Å². The van der Waals surface area contributed by atoms with Gasteiger partial charge in [0.1, 0.15) is 12.1 Å². The van der Waals surface area contributed by atoms with Crippen LogP contribution < -0.4 is 10.6 Å². The number of aliphatic carboxylic acids is 1. The number of alkyl carbamates (subject to hydrolysis) is 1. The van der Waals surface area contributed by atoms with Crippen molar-refractivity contribution in [2.45, 2.75) is 37.6 Å². The highest BCUT2D eigenvalue weighted by Crippen LogP contribution is 2.44. The van der Waals surface area contributed by atoms with Gasteiger partial charge in [-0.3, -0.25) is 4.79 Å². The van der Waals surface area contributed by atoms with Crippen LogP contribution in [-0.4, -0.2) is 55.0 Å². The molecule has 0 radical (unpaired) electrons. The van der Waals surface area contributed by atoms with Crippen molar-refractivity contribution in [3.05, 3.63) is 59.7 Å². The zero-order chi connectivity index (χ0) is 24.1. The molecule has 0 saturated carbocycles. The number of fused-ring (bicyclic) bond motifs is 3. The Kier molecular flexibility index (Phi) is 7.17. The third kappa shape index (κ3) is 4.77. The summed E-state index contributed by atoms with van der Waals surface area (Å²) in [6.07, 6.45) is 0.267. The molecule has 2 aromatic carbocycles. The summed E-state index contributed by atoms with van der Waals surface area (Å²) in [5.74, 6) is -2.08. The van der Waals surface area contributed by atoms with Gasteiger partial charge in [0, 0.05) is 38.5 Å². The molecular formula is C26H30N2O6. The first-order chi connectivity index (χ1) is 16.4. The van der Waals surface area contributed by atoms with E-state index in [2.05, 4.69) is 22.8 Å². The summed E-state index contributed by atoms with van der Waals surface area (Å²) >= 11 is 0. The summed E-state index contributed by atoms with van der Waals surface area (Å²) in [6, 6.07) is 16.2. The average molecular weight is 467 g/mol. The van der Waals surface area contributed by atoms with Crippen molar-refractivity contribution in [1.29, 1.82) is 0 Å². The van der Waals surface area contributed by atoms with E-state index in [-0.39, 0.29) is 45.1 Å². The minimum absolute atomic E-state index is 0.0487. The lowest BCUT2D eigenvalue weighted by Crippen LogP contribution is -2.59. The van der Waals surface area contributed by atoms with Gasteiger partial charge in [0.25, 0.3) is 0 Å². The highest BCUT2D eigenvalue weighted by Gasteiger charge is 2.42. The molecule has 0 bridgehead atoms. The van der Waals surface area contributed by atoms with Gasteiger partial charge in [0.15, 0.2) is 0 Å². The first-order valence-electron chi connectivity index (χ1n) is 11.7. The minimum atomic E-state index is -1.33. The van der Waals surface area contributed by atoms with Crippen LogP contribution in [0.1, 0.15) is 43.2 Å². The Morgan fingerprint density at radius 3 is 2.21 bits per heavy atom. The molecule has 8 nitrogen and oxygen atoms in total. The van der Waals surface area contributed by atoms with E-state index in [0.717, 1.165) is 22.3 Å². The Balaban J connectivity index is 1.33. The fourth-order valence-electron chi connectivity index (χ4n) is 4.73. The second-order valence-corrected chi connectivity index (χ2v) is 8.80. The lowest BCUT2D eigenvalue weighted by molar-refractivity contribution is -0.152. The van der Waals surface area contributed by atoms with Gasteiger partial charge < -0.3 is 25.2 Å². The quantitative estimate of drug-likeness (QED) is 0.550. The van der Waals surface area contributed by atoms with E-state index in [1.165, 1.54) is 0 Å². The lowest BCUT2D eigenvalue weighted by atomic mass is 9.89. The third-order valence-corrected chi connectivity index (χ3v) is 6.82. The number of amides is 2. The predicted molar refractivity (Wildman–Crippen MR) is 125 cm³/mol. The summed E-state index contributed by atoms with van der Waals surface area (Å²) in [4.78, 5) is 37.1. The van der Waals surface area contributed by atoms with Crippen LogP contribution in [0.4, 0.5) is 4.79 Å². The number of carbonyl (C=O) groups is 3. The molecule has 0 aromatic heterocycles. The number of carbonyl (C=O) groups excluding carboxylic acids is 2. The molecule has 4 rings (SSSR count). The Hall–Kier alpha value is -3.39. The number of nitrogens with one attached hydrogen (secondary N) is 2.